The van der Waals surface area contributed by atoms with Gasteiger partial charge >= 0.3 is 0 Å². The lowest BCUT2D eigenvalue weighted by molar-refractivity contribution is -0.411. The van der Waals surface area contributed by atoms with Crippen molar-refractivity contribution in [2.24, 2.45) is 0 Å². The lowest BCUT2D eigenvalue weighted by atomic mass is 10.0. The van der Waals surface area contributed by atoms with Crippen LogP contribution in [-0.4, -0.2) is 36.0 Å². The number of hydrogen-bond donors (Lipinski definition) is 0. The lowest BCUT2D eigenvalue weighted by Crippen LogP contribution is -2.61. The molecule has 2 fully saturated rings. The van der Waals surface area contributed by atoms with Crippen LogP contribution in [-0.2, 0) is 14.2 Å². The molecular weight excluding hydrogens is 239 g/mol. The standard InChI is InChI=1S/C10H14Cl2O3/c1-2-9(3-5-13-9)15-10(4-6-14-10)8(12)7-11/h2,8H,1,3-7H2. The van der Waals surface area contributed by atoms with E-state index in [9.17, 15) is 0 Å². The molecule has 3 unspecified atom stereocenters. The predicted molar refractivity (Wildman–Crippen MR) is 58.2 cm³/mol. The van der Waals surface area contributed by atoms with E-state index in [1.165, 1.54) is 0 Å². The molecule has 0 saturated carbocycles. The third-order valence-electron chi connectivity index (χ3n) is 2.86. The van der Waals surface area contributed by atoms with Gasteiger partial charge in [-0.15, -0.1) is 23.2 Å². The molecule has 2 heterocycles. The van der Waals surface area contributed by atoms with E-state index in [1.807, 2.05) is 0 Å². The molecule has 0 amide bonds. The Hall–Kier alpha value is 0.200. The highest BCUT2D eigenvalue weighted by Gasteiger charge is 2.53. The summed E-state index contributed by atoms with van der Waals surface area (Å²) in [5.41, 5.74) is 0. The van der Waals surface area contributed by atoms with Crippen molar-refractivity contribution >= 4 is 23.2 Å². The van der Waals surface area contributed by atoms with Gasteiger partial charge < -0.3 is 14.2 Å². The molecule has 2 aliphatic heterocycles. The fraction of sp³-hybridized carbons (Fsp3) is 0.800. The Morgan fingerprint density at radius 3 is 2.27 bits per heavy atom. The average molecular weight is 253 g/mol. The average Bonchev–Trinajstić information content (AvgIpc) is 2.14. The zero-order valence-corrected chi connectivity index (χ0v) is 9.89. The normalized spacial score (nSPS) is 41.5. The second-order valence-corrected chi connectivity index (χ2v) is 4.58. The summed E-state index contributed by atoms with van der Waals surface area (Å²) in [4.78, 5) is 0. The minimum absolute atomic E-state index is 0.286. The maximum Gasteiger partial charge on any atom is 0.193 e. The van der Waals surface area contributed by atoms with Crippen molar-refractivity contribution in [3.05, 3.63) is 12.7 Å². The number of ether oxygens (including phenoxy) is 3. The predicted octanol–water partition coefficient (Wildman–Crippen LogP) is 2.27. The number of alkyl halides is 2. The van der Waals surface area contributed by atoms with Gasteiger partial charge in [-0.25, -0.2) is 0 Å². The molecule has 0 N–H and O–H groups in total. The molecule has 0 spiro atoms. The van der Waals surface area contributed by atoms with Gasteiger partial charge in [0.15, 0.2) is 11.6 Å². The van der Waals surface area contributed by atoms with Gasteiger partial charge in [0.1, 0.15) is 5.38 Å². The van der Waals surface area contributed by atoms with Crippen molar-refractivity contribution in [1.82, 2.24) is 0 Å². The van der Waals surface area contributed by atoms with Crippen LogP contribution >= 0.6 is 23.2 Å². The Morgan fingerprint density at radius 2 is 2.00 bits per heavy atom. The maximum absolute atomic E-state index is 6.10. The molecule has 2 aliphatic rings. The molecule has 5 heteroatoms. The second kappa shape index (κ2) is 4.22. The van der Waals surface area contributed by atoms with Crippen LogP contribution in [0.4, 0.5) is 0 Å². The van der Waals surface area contributed by atoms with Crippen molar-refractivity contribution in [3.63, 3.8) is 0 Å². The van der Waals surface area contributed by atoms with Gasteiger partial charge in [-0.05, 0) is 6.08 Å². The number of hydrogen-bond acceptors (Lipinski definition) is 3. The molecule has 3 atom stereocenters. The van der Waals surface area contributed by atoms with Crippen molar-refractivity contribution in [2.45, 2.75) is 29.8 Å². The van der Waals surface area contributed by atoms with E-state index in [-0.39, 0.29) is 11.3 Å². The molecule has 3 nitrogen and oxygen atoms in total. The molecule has 2 rings (SSSR count). The molecule has 0 aromatic carbocycles. The molecule has 2 saturated heterocycles. The van der Waals surface area contributed by atoms with Gasteiger partial charge in [0.2, 0.25) is 0 Å². The van der Waals surface area contributed by atoms with Crippen molar-refractivity contribution in [3.8, 4) is 0 Å². The van der Waals surface area contributed by atoms with Gasteiger partial charge in [0.25, 0.3) is 0 Å². The number of rotatable bonds is 5. The maximum atomic E-state index is 6.10. The summed E-state index contributed by atoms with van der Waals surface area (Å²) in [6.45, 7) is 5.02. The number of halogens is 2. The van der Waals surface area contributed by atoms with Crippen LogP contribution in [0, 0.1) is 0 Å². The van der Waals surface area contributed by atoms with Crippen LogP contribution < -0.4 is 0 Å². The van der Waals surface area contributed by atoms with Crippen LogP contribution in [0.1, 0.15) is 12.8 Å². The molecule has 0 aromatic heterocycles. The Labute approximate surface area is 99.3 Å². The van der Waals surface area contributed by atoms with Crippen molar-refractivity contribution < 1.29 is 14.2 Å². The Balaban J connectivity index is 2.04. The monoisotopic (exact) mass is 252 g/mol. The highest BCUT2D eigenvalue weighted by Crippen LogP contribution is 2.43. The van der Waals surface area contributed by atoms with Gasteiger partial charge in [-0.3, -0.25) is 0 Å². The van der Waals surface area contributed by atoms with E-state index >= 15 is 0 Å². The van der Waals surface area contributed by atoms with Crippen LogP contribution in [0.2, 0.25) is 0 Å². The van der Waals surface area contributed by atoms with E-state index in [2.05, 4.69) is 6.58 Å². The zero-order chi connectivity index (χ0) is 10.9. The molecule has 0 aromatic rings. The van der Waals surface area contributed by atoms with Gasteiger partial charge in [0.05, 0.1) is 13.2 Å². The molecule has 86 valence electrons. The highest BCUT2D eigenvalue weighted by molar-refractivity contribution is 6.28. The second-order valence-electron chi connectivity index (χ2n) is 3.75. The zero-order valence-electron chi connectivity index (χ0n) is 8.38. The lowest BCUT2D eigenvalue weighted by Gasteiger charge is -2.51. The van der Waals surface area contributed by atoms with E-state index in [0.717, 1.165) is 12.8 Å². The Kier molecular flexibility index (Phi) is 3.29. The largest absolute Gasteiger partial charge is 0.348 e. The Bertz CT molecular complexity index is 249. The highest BCUT2D eigenvalue weighted by atomic mass is 35.5. The fourth-order valence-electron chi connectivity index (χ4n) is 1.69. The van der Waals surface area contributed by atoms with Gasteiger partial charge in [-0.2, -0.15) is 0 Å². The van der Waals surface area contributed by atoms with E-state index in [4.69, 9.17) is 37.4 Å². The van der Waals surface area contributed by atoms with Crippen LogP contribution in [0.3, 0.4) is 0 Å². The molecule has 0 aliphatic carbocycles. The minimum atomic E-state index is -0.794. The van der Waals surface area contributed by atoms with Gasteiger partial charge in [-0.1, -0.05) is 6.58 Å². The molecule has 15 heavy (non-hydrogen) atoms. The van der Waals surface area contributed by atoms with Crippen molar-refractivity contribution in [2.75, 3.05) is 19.1 Å². The van der Waals surface area contributed by atoms with E-state index in [0.29, 0.717) is 13.2 Å². The quantitative estimate of drug-likeness (QED) is 0.555. The van der Waals surface area contributed by atoms with Crippen LogP contribution in [0.15, 0.2) is 12.7 Å². The minimum Gasteiger partial charge on any atom is -0.348 e. The topological polar surface area (TPSA) is 27.7 Å². The van der Waals surface area contributed by atoms with Crippen molar-refractivity contribution in [1.29, 1.82) is 0 Å². The first-order valence-corrected chi connectivity index (χ1v) is 5.95. The summed E-state index contributed by atoms with van der Waals surface area (Å²) < 4.78 is 16.6. The third-order valence-corrected chi connectivity index (χ3v) is 3.82. The SMILES string of the molecule is C=CC1(OC2(C(Cl)CCl)CCO2)CCO1. The summed E-state index contributed by atoms with van der Waals surface area (Å²) in [6, 6.07) is 0. The first-order chi connectivity index (χ1) is 7.16. The smallest absolute Gasteiger partial charge is 0.193 e. The first kappa shape index (κ1) is 11.7. The van der Waals surface area contributed by atoms with E-state index in [1.54, 1.807) is 6.08 Å². The third kappa shape index (κ3) is 1.92. The first-order valence-electron chi connectivity index (χ1n) is 4.98. The summed E-state index contributed by atoms with van der Waals surface area (Å²) in [5.74, 6) is -1.23. The summed E-state index contributed by atoms with van der Waals surface area (Å²) in [6.07, 6.45) is 3.18. The molecule has 0 radical (unpaired) electrons. The van der Waals surface area contributed by atoms with Crippen LogP contribution in [0.5, 0.6) is 0 Å². The summed E-state index contributed by atoms with van der Waals surface area (Å²) in [5, 5.41) is -0.367. The van der Waals surface area contributed by atoms with Gasteiger partial charge in [0, 0.05) is 18.7 Å². The fourth-order valence-corrected chi connectivity index (χ4v) is 2.14. The Morgan fingerprint density at radius 1 is 1.40 bits per heavy atom. The summed E-state index contributed by atoms with van der Waals surface area (Å²) >= 11 is 11.8. The molecule has 0 bridgehead atoms. The molecular formula is C10H14Cl2O3. The van der Waals surface area contributed by atoms with E-state index < -0.39 is 11.6 Å². The van der Waals surface area contributed by atoms with Crippen LogP contribution in [0.25, 0.3) is 0 Å². The summed E-state index contributed by atoms with van der Waals surface area (Å²) in [7, 11) is 0.